The van der Waals surface area contributed by atoms with Crippen LogP contribution in [0, 0.1) is 17.0 Å². The predicted octanol–water partition coefficient (Wildman–Crippen LogP) is 2.45. The largest absolute Gasteiger partial charge is 0.490 e. The quantitative estimate of drug-likeness (QED) is 0.614. The summed E-state index contributed by atoms with van der Waals surface area (Å²) in [5.74, 6) is 0.263. The maximum atomic E-state index is 11.9. The van der Waals surface area contributed by atoms with Gasteiger partial charge in [-0.3, -0.25) is 14.9 Å². The van der Waals surface area contributed by atoms with Crippen molar-refractivity contribution in [3.05, 3.63) is 33.5 Å². The van der Waals surface area contributed by atoms with E-state index in [0.717, 1.165) is 5.52 Å². The number of Topliss-reactive ketones (excluding diaryl/α,β-unsaturated/α-hetero) is 1. The zero-order chi connectivity index (χ0) is 13.7. The van der Waals surface area contributed by atoms with Gasteiger partial charge < -0.3 is 9.30 Å². The monoisotopic (exact) mass is 260 g/mol. The molecule has 1 aliphatic rings. The highest BCUT2D eigenvalue weighted by Crippen LogP contribution is 2.41. The number of fused-ring (bicyclic) bond motifs is 3. The Balaban J connectivity index is 2.48. The average molecular weight is 260 g/mol. The molecule has 1 aliphatic heterocycles. The van der Waals surface area contributed by atoms with Gasteiger partial charge in [0, 0.05) is 13.0 Å². The Labute approximate surface area is 108 Å². The number of ether oxygens (including phenoxy) is 1. The molecular formula is C13H12N2O4. The Morgan fingerprint density at radius 1 is 1.42 bits per heavy atom. The Morgan fingerprint density at radius 3 is 2.79 bits per heavy atom. The zero-order valence-corrected chi connectivity index (χ0v) is 10.6. The molecule has 6 heteroatoms. The summed E-state index contributed by atoms with van der Waals surface area (Å²) in [5.41, 5.74) is 1.92. The second kappa shape index (κ2) is 3.81. The van der Waals surface area contributed by atoms with E-state index in [-0.39, 0.29) is 17.2 Å². The highest BCUT2D eigenvalue weighted by molar-refractivity contribution is 6.07. The van der Waals surface area contributed by atoms with Gasteiger partial charge in [0.25, 0.3) is 0 Å². The SMILES string of the molecule is COc1ccc2c(c(C)c3n2CCC3=O)c1[N+](=O)[O-]. The fourth-order valence-electron chi connectivity index (χ4n) is 2.87. The third-order valence-electron chi connectivity index (χ3n) is 3.64. The summed E-state index contributed by atoms with van der Waals surface area (Å²) >= 11 is 0. The summed E-state index contributed by atoms with van der Waals surface area (Å²) in [6.45, 7) is 2.34. The summed E-state index contributed by atoms with van der Waals surface area (Å²) in [6, 6.07) is 3.35. The minimum atomic E-state index is -0.450. The molecule has 0 bridgehead atoms. The van der Waals surface area contributed by atoms with E-state index in [1.54, 1.807) is 19.1 Å². The first-order chi connectivity index (χ1) is 9.06. The number of carbonyl (C=O) groups is 1. The zero-order valence-electron chi connectivity index (χ0n) is 10.6. The maximum absolute atomic E-state index is 11.9. The van der Waals surface area contributed by atoms with Gasteiger partial charge in [0.05, 0.1) is 28.6 Å². The lowest BCUT2D eigenvalue weighted by molar-refractivity contribution is -0.384. The van der Waals surface area contributed by atoms with Gasteiger partial charge in [-0.1, -0.05) is 0 Å². The van der Waals surface area contributed by atoms with Crippen LogP contribution < -0.4 is 4.74 Å². The highest BCUT2D eigenvalue weighted by Gasteiger charge is 2.31. The van der Waals surface area contributed by atoms with E-state index in [1.165, 1.54) is 7.11 Å². The van der Waals surface area contributed by atoms with Crippen molar-refractivity contribution in [1.82, 2.24) is 4.57 Å². The fraction of sp³-hybridized carbons (Fsp3) is 0.308. The fourth-order valence-corrected chi connectivity index (χ4v) is 2.87. The molecule has 3 rings (SSSR count). The second-order valence-electron chi connectivity index (χ2n) is 4.57. The molecule has 0 atom stereocenters. The first kappa shape index (κ1) is 11.7. The number of ketones is 1. The van der Waals surface area contributed by atoms with E-state index < -0.39 is 4.92 Å². The van der Waals surface area contributed by atoms with E-state index in [2.05, 4.69) is 0 Å². The van der Waals surface area contributed by atoms with Crippen LogP contribution in [0.2, 0.25) is 0 Å². The van der Waals surface area contributed by atoms with Crippen molar-refractivity contribution in [2.75, 3.05) is 7.11 Å². The Kier molecular flexibility index (Phi) is 2.35. The summed E-state index contributed by atoms with van der Waals surface area (Å²) < 4.78 is 6.92. The van der Waals surface area contributed by atoms with Gasteiger partial charge in [0.1, 0.15) is 0 Å². The predicted molar refractivity (Wildman–Crippen MR) is 68.8 cm³/mol. The highest BCUT2D eigenvalue weighted by atomic mass is 16.6. The molecule has 0 unspecified atom stereocenters. The molecule has 0 aliphatic carbocycles. The molecule has 19 heavy (non-hydrogen) atoms. The Bertz CT molecular complexity index is 730. The van der Waals surface area contributed by atoms with E-state index in [4.69, 9.17) is 4.74 Å². The smallest absolute Gasteiger partial charge is 0.320 e. The number of benzene rings is 1. The van der Waals surface area contributed by atoms with Gasteiger partial charge in [0.2, 0.25) is 0 Å². The van der Waals surface area contributed by atoms with Crippen molar-refractivity contribution in [2.24, 2.45) is 0 Å². The topological polar surface area (TPSA) is 74.4 Å². The molecular weight excluding hydrogens is 248 g/mol. The summed E-state index contributed by atoms with van der Waals surface area (Å²) in [6.07, 6.45) is 0.464. The first-order valence-electron chi connectivity index (χ1n) is 5.93. The number of nitro groups is 1. The standard InChI is InChI=1S/C13H12N2O4/c1-7-11-8(14-6-5-9(16)12(7)14)3-4-10(19-2)13(11)15(17)18/h3-4H,5-6H2,1-2H3. The molecule has 0 N–H and O–H groups in total. The molecule has 6 nitrogen and oxygen atoms in total. The van der Waals surface area contributed by atoms with Gasteiger partial charge >= 0.3 is 5.69 Å². The number of nitrogens with zero attached hydrogens (tertiary/aromatic N) is 2. The molecule has 0 fully saturated rings. The Hall–Kier alpha value is -2.37. The summed E-state index contributed by atoms with van der Waals surface area (Å²) in [7, 11) is 1.40. The molecule has 0 amide bonds. The number of carbonyl (C=O) groups excluding carboxylic acids is 1. The molecule has 0 saturated carbocycles. The number of nitro benzene ring substituents is 1. The van der Waals surface area contributed by atoms with E-state index in [0.29, 0.717) is 29.6 Å². The third-order valence-corrected chi connectivity index (χ3v) is 3.64. The summed E-state index contributed by atoms with van der Waals surface area (Å²) in [4.78, 5) is 22.7. The van der Waals surface area contributed by atoms with Crippen LogP contribution in [-0.4, -0.2) is 22.4 Å². The number of aryl methyl sites for hydroxylation is 2. The molecule has 0 radical (unpaired) electrons. The number of methoxy groups -OCH3 is 1. The van der Waals surface area contributed by atoms with Crippen molar-refractivity contribution in [3.8, 4) is 5.75 Å². The van der Waals surface area contributed by atoms with Crippen molar-refractivity contribution < 1.29 is 14.5 Å². The van der Waals surface area contributed by atoms with Crippen LogP contribution in [-0.2, 0) is 6.54 Å². The van der Waals surface area contributed by atoms with Gasteiger partial charge in [-0.15, -0.1) is 0 Å². The van der Waals surface area contributed by atoms with Crippen LogP contribution in [0.3, 0.4) is 0 Å². The third kappa shape index (κ3) is 1.39. The van der Waals surface area contributed by atoms with Gasteiger partial charge in [-0.05, 0) is 24.6 Å². The number of hydrogen-bond acceptors (Lipinski definition) is 4. The molecule has 1 aromatic heterocycles. The molecule has 98 valence electrons. The Morgan fingerprint density at radius 2 is 2.16 bits per heavy atom. The molecule has 0 spiro atoms. The van der Waals surface area contributed by atoms with Gasteiger partial charge in [0.15, 0.2) is 11.5 Å². The molecule has 2 aromatic rings. The van der Waals surface area contributed by atoms with E-state index in [1.807, 2.05) is 4.57 Å². The van der Waals surface area contributed by atoms with Crippen LogP contribution in [0.5, 0.6) is 5.75 Å². The maximum Gasteiger partial charge on any atom is 0.320 e. The minimum absolute atomic E-state index is 0.0435. The van der Waals surface area contributed by atoms with Crippen LogP contribution in [0.4, 0.5) is 5.69 Å². The lowest BCUT2D eigenvalue weighted by Crippen LogP contribution is -1.96. The van der Waals surface area contributed by atoms with Crippen molar-refractivity contribution in [1.29, 1.82) is 0 Å². The minimum Gasteiger partial charge on any atom is -0.490 e. The number of rotatable bonds is 2. The first-order valence-corrected chi connectivity index (χ1v) is 5.93. The lowest BCUT2D eigenvalue weighted by atomic mass is 10.1. The summed E-state index contributed by atoms with van der Waals surface area (Å²) in [5, 5.41) is 11.8. The van der Waals surface area contributed by atoms with E-state index in [9.17, 15) is 14.9 Å². The number of aromatic nitrogens is 1. The van der Waals surface area contributed by atoms with Crippen LogP contribution in [0.25, 0.3) is 10.9 Å². The van der Waals surface area contributed by atoms with Crippen LogP contribution in [0.15, 0.2) is 12.1 Å². The normalized spacial score (nSPS) is 13.9. The molecule has 0 saturated heterocycles. The van der Waals surface area contributed by atoms with Gasteiger partial charge in [-0.2, -0.15) is 0 Å². The van der Waals surface area contributed by atoms with Crippen LogP contribution in [0.1, 0.15) is 22.5 Å². The molecule has 1 aromatic carbocycles. The van der Waals surface area contributed by atoms with Crippen molar-refractivity contribution in [3.63, 3.8) is 0 Å². The van der Waals surface area contributed by atoms with Crippen molar-refractivity contribution in [2.45, 2.75) is 19.9 Å². The van der Waals surface area contributed by atoms with Crippen molar-refractivity contribution >= 4 is 22.4 Å². The molecule has 2 heterocycles. The number of hydrogen-bond donors (Lipinski definition) is 0. The lowest BCUT2D eigenvalue weighted by Gasteiger charge is -2.04. The average Bonchev–Trinajstić information content (AvgIpc) is 2.89. The van der Waals surface area contributed by atoms with Crippen LogP contribution >= 0.6 is 0 Å². The van der Waals surface area contributed by atoms with Gasteiger partial charge in [-0.25, -0.2) is 0 Å². The van der Waals surface area contributed by atoms with E-state index >= 15 is 0 Å². The second-order valence-corrected chi connectivity index (χ2v) is 4.57.